The summed E-state index contributed by atoms with van der Waals surface area (Å²) in [5.74, 6) is 0.224. The van der Waals surface area contributed by atoms with Crippen LogP contribution in [0.2, 0.25) is 0 Å². The summed E-state index contributed by atoms with van der Waals surface area (Å²) in [6, 6.07) is 10.8. The number of phenolic OH excluding ortho intramolecular Hbond substituents is 1. The van der Waals surface area contributed by atoms with E-state index >= 15 is 0 Å². The molecule has 0 radical (unpaired) electrons. The first-order valence-electron chi connectivity index (χ1n) is 7.24. The third-order valence-electron chi connectivity index (χ3n) is 3.61. The van der Waals surface area contributed by atoms with Crippen molar-refractivity contribution in [3.8, 4) is 5.75 Å². The van der Waals surface area contributed by atoms with Crippen LogP contribution in [-0.2, 0) is 6.54 Å². The van der Waals surface area contributed by atoms with Crippen LogP contribution in [0.4, 0.5) is 10.5 Å². The summed E-state index contributed by atoms with van der Waals surface area (Å²) in [6.45, 7) is 6.52. The first-order valence-corrected chi connectivity index (χ1v) is 7.24. The molecule has 0 aliphatic heterocycles. The minimum atomic E-state index is -0.150. The van der Waals surface area contributed by atoms with E-state index in [1.165, 1.54) is 5.56 Å². The van der Waals surface area contributed by atoms with Gasteiger partial charge in [0.2, 0.25) is 0 Å². The van der Waals surface area contributed by atoms with Gasteiger partial charge in [0.15, 0.2) is 0 Å². The molecule has 0 unspecified atom stereocenters. The Morgan fingerprint density at radius 2 is 1.64 bits per heavy atom. The largest absolute Gasteiger partial charge is 0.508 e. The van der Waals surface area contributed by atoms with Crippen molar-refractivity contribution in [3.63, 3.8) is 0 Å². The van der Waals surface area contributed by atoms with E-state index in [4.69, 9.17) is 0 Å². The van der Waals surface area contributed by atoms with Crippen LogP contribution in [0.25, 0.3) is 0 Å². The molecule has 0 saturated carbocycles. The van der Waals surface area contributed by atoms with Crippen molar-refractivity contribution in [2.45, 2.75) is 27.3 Å². The Kier molecular flexibility index (Phi) is 4.71. The number of benzene rings is 2. The molecule has 0 spiro atoms. The monoisotopic (exact) mass is 298 g/mol. The summed E-state index contributed by atoms with van der Waals surface area (Å²) in [5, 5.41) is 12.3. The zero-order chi connectivity index (χ0) is 16.3. The van der Waals surface area contributed by atoms with E-state index in [-0.39, 0.29) is 11.8 Å². The van der Waals surface area contributed by atoms with Crippen LogP contribution in [-0.4, -0.2) is 23.1 Å². The molecule has 0 saturated heterocycles. The standard InChI is InChI=1S/C18H22N2O2/c1-12-9-13(2)17(14(3)10-12)19-18(22)20(4)11-15-5-7-16(21)8-6-15/h5-10,21H,11H2,1-4H3,(H,19,22). The van der Waals surface area contributed by atoms with Gasteiger partial charge < -0.3 is 15.3 Å². The van der Waals surface area contributed by atoms with Crippen molar-refractivity contribution in [2.24, 2.45) is 0 Å². The predicted octanol–water partition coefficient (Wildman–Crippen LogP) is 3.98. The van der Waals surface area contributed by atoms with Gasteiger partial charge in [0.25, 0.3) is 0 Å². The molecule has 2 rings (SSSR count). The second-order valence-electron chi connectivity index (χ2n) is 5.73. The highest BCUT2D eigenvalue weighted by molar-refractivity contribution is 5.91. The maximum Gasteiger partial charge on any atom is 0.321 e. The highest BCUT2D eigenvalue weighted by Gasteiger charge is 2.12. The van der Waals surface area contributed by atoms with Gasteiger partial charge in [0.05, 0.1) is 0 Å². The molecule has 2 N–H and O–H groups in total. The molecule has 2 aromatic carbocycles. The minimum absolute atomic E-state index is 0.150. The number of anilines is 1. The van der Waals surface area contributed by atoms with Gasteiger partial charge in [-0.05, 0) is 49.6 Å². The van der Waals surface area contributed by atoms with E-state index in [0.29, 0.717) is 6.54 Å². The number of rotatable bonds is 3. The van der Waals surface area contributed by atoms with Crippen LogP contribution >= 0.6 is 0 Å². The van der Waals surface area contributed by atoms with E-state index in [9.17, 15) is 9.90 Å². The van der Waals surface area contributed by atoms with Gasteiger partial charge in [0, 0.05) is 19.3 Å². The Hall–Kier alpha value is -2.49. The SMILES string of the molecule is Cc1cc(C)c(NC(=O)N(C)Cc2ccc(O)cc2)c(C)c1. The lowest BCUT2D eigenvalue weighted by Gasteiger charge is -2.20. The molecule has 0 fully saturated rings. The van der Waals surface area contributed by atoms with E-state index < -0.39 is 0 Å². The summed E-state index contributed by atoms with van der Waals surface area (Å²) in [5.41, 5.74) is 5.14. The average molecular weight is 298 g/mol. The predicted molar refractivity (Wildman–Crippen MR) is 89.2 cm³/mol. The highest BCUT2D eigenvalue weighted by atomic mass is 16.3. The Balaban J connectivity index is 2.07. The van der Waals surface area contributed by atoms with Crippen LogP contribution in [0.15, 0.2) is 36.4 Å². The van der Waals surface area contributed by atoms with Crippen LogP contribution in [0.1, 0.15) is 22.3 Å². The number of aryl methyl sites for hydroxylation is 3. The average Bonchev–Trinajstić information content (AvgIpc) is 2.45. The molecule has 0 bridgehead atoms. The Morgan fingerprint density at radius 3 is 2.18 bits per heavy atom. The second kappa shape index (κ2) is 6.52. The lowest BCUT2D eigenvalue weighted by Crippen LogP contribution is -2.31. The van der Waals surface area contributed by atoms with Gasteiger partial charge >= 0.3 is 6.03 Å². The summed E-state index contributed by atoms with van der Waals surface area (Å²) in [4.78, 5) is 14.0. The molecule has 2 amide bonds. The Morgan fingerprint density at radius 1 is 1.09 bits per heavy atom. The Labute approximate surface area is 131 Å². The molecular weight excluding hydrogens is 276 g/mol. The van der Waals surface area contributed by atoms with Crippen LogP contribution in [0, 0.1) is 20.8 Å². The second-order valence-corrected chi connectivity index (χ2v) is 5.73. The minimum Gasteiger partial charge on any atom is -0.508 e. The molecule has 0 aliphatic rings. The number of carbonyl (C=O) groups is 1. The topological polar surface area (TPSA) is 52.6 Å². The van der Waals surface area contributed by atoms with Crippen molar-refractivity contribution in [3.05, 3.63) is 58.7 Å². The Bertz CT molecular complexity index is 655. The van der Waals surface area contributed by atoms with Gasteiger partial charge in [-0.15, -0.1) is 0 Å². The molecule has 0 aromatic heterocycles. The number of carbonyl (C=O) groups excluding carboxylic acids is 1. The zero-order valence-electron chi connectivity index (χ0n) is 13.5. The van der Waals surface area contributed by atoms with Crippen molar-refractivity contribution < 1.29 is 9.90 Å². The van der Waals surface area contributed by atoms with Crippen molar-refractivity contribution in [1.82, 2.24) is 4.90 Å². The first kappa shape index (κ1) is 15.9. The fourth-order valence-electron chi connectivity index (χ4n) is 2.53. The number of phenols is 1. The van der Waals surface area contributed by atoms with E-state index in [1.54, 1.807) is 24.1 Å². The summed E-state index contributed by atoms with van der Waals surface area (Å²) in [7, 11) is 1.75. The fourth-order valence-corrected chi connectivity index (χ4v) is 2.53. The zero-order valence-corrected chi connectivity index (χ0v) is 13.5. The number of hydrogen-bond acceptors (Lipinski definition) is 2. The fraction of sp³-hybridized carbons (Fsp3) is 0.278. The molecule has 116 valence electrons. The smallest absolute Gasteiger partial charge is 0.321 e. The molecule has 4 nitrogen and oxygen atoms in total. The van der Waals surface area contributed by atoms with E-state index in [1.807, 2.05) is 32.9 Å². The number of nitrogens with one attached hydrogen (secondary N) is 1. The number of hydrogen-bond donors (Lipinski definition) is 2. The van der Waals surface area contributed by atoms with Crippen molar-refractivity contribution >= 4 is 11.7 Å². The first-order chi connectivity index (χ1) is 10.4. The number of aromatic hydroxyl groups is 1. The molecule has 0 heterocycles. The number of urea groups is 1. The number of amides is 2. The van der Waals surface area contributed by atoms with Crippen molar-refractivity contribution in [1.29, 1.82) is 0 Å². The molecule has 4 heteroatoms. The van der Waals surface area contributed by atoms with Gasteiger partial charge in [-0.1, -0.05) is 29.8 Å². The van der Waals surface area contributed by atoms with Crippen molar-refractivity contribution in [2.75, 3.05) is 12.4 Å². The molecule has 2 aromatic rings. The quantitative estimate of drug-likeness (QED) is 0.900. The number of nitrogens with zero attached hydrogens (tertiary/aromatic N) is 1. The third-order valence-corrected chi connectivity index (χ3v) is 3.61. The van der Waals surface area contributed by atoms with Crippen LogP contribution in [0.3, 0.4) is 0 Å². The van der Waals surface area contributed by atoms with Gasteiger partial charge in [-0.2, -0.15) is 0 Å². The summed E-state index contributed by atoms with van der Waals surface area (Å²) >= 11 is 0. The normalized spacial score (nSPS) is 10.4. The van der Waals surface area contributed by atoms with Crippen LogP contribution in [0.5, 0.6) is 5.75 Å². The molecule has 0 aliphatic carbocycles. The van der Waals surface area contributed by atoms with Gasteiger partial charge in [0.1, 0.15) is 5.75 Å². The maximum atomic E-state index is 12.3. The summed E-state index contributed by atoms with van der Waals surface area (Å²) < 4.78 is 0. The molecule has 0 atom stereocenters. The molecule has 22 heavy (non-hydrogen) atoms. The van der Waals surface area contributed by atoms with Crippen LogP contribution < -0.4 is 5.32 Å². The summed E-state index contributed by atoms with van der Waals surface area (Å²) in [6.07, 6.45) is 0. The van der Waals surface area contributed by atoms with Gasteiger partial charge in [-0.3, -0.25) is 0 Å². The van der Waals surface area contributed by atoms with E-state index in [2.05, 4.69) is 17.4 Å². The molecular formula is C18H22N2O2. The lowest BCUT2D eigenvalue weighted by molar-refractivity contribution is 0.220. The lowest BCUT2D eigenvalue weighted by atomic mass is 10.1. The maximum absolute atomic E-state index is 12.3. The van der Waals surface area contributed by atoms with E-state index in [0.717, 1.165) is 22.4 Å². The van der Waals surface area contributed by atoms with Gasteiger partial charge in [-0.25, -0.2) is 4.79 Å². The highest BCUT2D eigenvalue weighted by Crippen LogP contribution is 2.22. The third kappa shape index (κ3) is 3.79.